The lowest BCUT2D eigenvalue weighted by atomic mass is 9.61. The van der Waals surface area contributed by atoms with Crippen molar-refractivity contribution in [1.29, 1.82) is 0 Å². The fraction of sp³-hybridized carbons (Fsp3) is 0.557. The maximum absolute atomic E-state index is 16.3. The zero-order valence-corrected chi connectivity index (χ0v) is 52.1. The Morgan fingerprint density at radius 1 is 0.854 bits per heavy atom. The van der Waals surface area contributed by atoms with Gasteiger partial charge in [-0.2, -0.15) is 0 Å². The molecule has 7 rings (SSSR count). The maximum atomic E-state index is 16.3. The van der Waals surface area contributed by atoms with Crippen molar-refractivity contribution in [3.05, 3.63) is 145 Å². The molecule has 82 heavy (non-hydrogen) atoms. The predicted molar refractivity (Wildman–Crippen MR) is 328 cm³/mol. The van der Waals surface area contributed by atoms with Gasteiger partial charge in [0.1, 0.15) is 23.9 Å². The lowest BCUT2D eigenvalue weighted by Crippen LogP contribution is -2.40. The van der Waals surface area contributed by atoms with Gasteiger partial charge in [-0.25, -0.2) is 4.39 Å². The topological polar surface area (TPSA) is 110 Å². The van der Waals surface area contributed by atoms with Crippen LogP contribution in [0, 0.1) is 49.8 Å². The first-order chi connectivity index (χ1) is 39.1. The molecule has 3 unspecified atom stereocenters. The minimum atomic E-state index is -0.491. The summed E-state index contributed by atoms with van der Waals surface area (Å²) in [6.45, 7) is 28.8. The summed E-state index contributed by atoms with van der Waals surface area (Å²) in [6.07, 6.45) is 8.53. The molecule has 1 aliphatic heterocycles. The molecule has 0 N–H and O–H groups in total. The molecule has 1 heterocycles. The van der Waals surface area contributed by atoms with Crippen LogP contribution in [0.25, 0.3) is 0 Å². The number of nitrogens with zero attached hydrogens (tertiary/aromatic N) is 1. The van der Waals surface area contributed by atoms with Gasteiger partial charge < -0.3 is 33.3 Å². The van der Waals surface area contributed by atoms with E-state index in [4.69, 9.17) is 40.0 Å². The highest BCUT2D eigenvalue weighted by molar-refractivity contribution is 6.30. The van der Waals surface area contributed by atoms with E-state index in [0.717, 1.165) is 77.7 Å². The zero-order valence-electron chi connectivity index (χ0n) is 51.3. The fourth-order valence-electron chi connectivity index (χ4n) is 13.6. The van der Waals surface area contributed by atoms with E-state index in [2.05, 4.69) is 90.6 Å². The number of ketones is 3. The van der Waals surface area contributed by atoms with Gasteiger partial charge >= 0.3 is 0 Å². The van der Waals surface area contributed by atoms with Crippen molar-refractivity contribution in [2.45, 2.75) is 158 Å². The Morgan fingerprint density at radius 3 is 2.21 bits per heavy atom. The van der Waals surface area contributed by atoms with Crippen LogP contribution in [0.4, 0.5) is 10.1 Å². The Bertz CT molecular complexity index is 2920. The molecule has 0 spiro atoms. The molecule has 446 valence electrons. The second kappa shape index (κ2) is 29.6. The van der Waals surface area contributed by atoms with E-state index in [-0.39, 0.29) is 58.7 Å². The molecular formula is C70H93ClFNO9. The Morgan fingerprint density at radius 2 is 1.55 bits per heavy atom. The van der Waals surface area contributed by atoms with E-state index < -0.39 is 5.41 Å². The highest BCUT2D eigenvalue weighted by Crippen LogP contribution is 2.63. The predicted octanol–water partition coefficient (Wildman–Crippen LogP) is 15.7. The summed E-state index contributed by atoms with van der Waals surface area (Å²) < 4.78 is 51.7. The quantitative estimate of drug-likeness (QED) is 0.0385. The molecule has 2 aliphatic carbocycles. The summed E-state index contributed by atoms with van der Waals surface area (Å²) in [7, 11) is 1.67. The number of carbonyl (C=O) groups excluding carboxylic acids is 3. The van der Waals surface area contributed by atoms with Crippen molar-refractivity contribution in [1.82, 2.24) is 0 Å². The molecule has 4 aromatic rings. The minimum absolute atomic E-state index is 0.00472. The second-order valence-electron chi connectivity index (χ2n) is 24.9. The number of rotatable bonds is 29. The van der Waals surface area contributed by atoms with Crippen molar-refractivity contribution in [2.75, 3.05) is 78.0 Å². The first kappa shape index (κ1) is 64.4. The van der Waals surface area contributed by atoms with Crippen molar-refractivity contribution < 1.29 is 47.2 Å². The lowest BCUT2D eigenvalue weighted by Gasteiger charge is -2.42. The first-order valence-corrected chi connectivity index (χ1v) is 30.5. The van der Waals surface area contributed by atoms with Gasteiger partial charge in [0, 0.05) is 85.0 Å². The second-order valence-corrected chi connectivity index (χ2v) is 25.3. The molecule has 1 saturated carbocycles. The monoisotopic (exact) mass is 1150 g/mol. The highest BCUT2D eigenvalue weighted by atomic mass is 35.5. The van der Waals surface area contributed by atoms with Crippen LogP contribution in [0.15, 0.2) is 89.5 Å². The standard InChI is InChI=1S/C70H93ClFNO9/c1-13-73(55-25-28-79-29-26-55)63-43-56(42-60(50(63)7)65(75)24-22-57-47(4)36-45(2)37-66(57)76)82-35-34-81-33-32-80-31-30-78-27-15-18-64(74)51-19-20-52(67(39-51)77-12)38-48(5)59-40-53(44-69(8,9)10)70(11,61-23-21-54(71)41-62(61)72)68(59)58-17-14-16-46(3)49(58)6/h14,16-17,19-21,23,36,39,41-43,48,53,55,59,68H,13,15,18,22,24-35,37-38,40,44H2,1-12H3/t48?,53?,59?,68-,70+/m0/s1. The van der Waals surface area contributed by atoms with E-state index in [0.29, 0.717) is 119 Å². The number of carbonyl (C=O) groups is 3. The van der Waals surface area contributed by atoms with Gasteiger partial charge in [-0.1, -0.05) is 94.3 Å². The van der Waals surface area contributed by atoms with Crippen LogP contribution in [0.2, 0.25) is 5.02 Å². The maximum Gasteiger partial charge on any atom is 0.163 e. The molecule has 3 aliphatic rings. The molecule has 5 atom stereocenters. The molecule has 0 amide bonds. The third-order valence-electron chi connectivity index (χ3n) is 17.9. The number of Topliss-reactive ketones (excluding diaryl/α,β-unsaturated/α-hetero) is 3. The molecule has 0 aromatic heterocycles. The van der Waals surface area contributed by atoms with Gasteiger partial charge in [-0.3, -0.25) is 14.4 Å². The van der Waals surface area contributed by atoms with E-state index in [1.54, 1.807) is 7.11 Å². The van der Waals surface area contributed by atoms with Crippen LogP contribution in [0.5, 0.6) is 11.5 Å². The molecule has 0 radical (unpaired) electrons. The van der Waals surface area contributed by atoms with Gasteiger partial charge in [0.25, 0.3) is 0 Å². The summed E-state index contributed by atoms with van der Waals surface area (Å²) in [6, 6.07) is 21.9. The van der Waals surface area contributed by atoms with Gasteiger partial charge in [0.15, 0.2) is 17.3 Å². The van der Waals surface area contributed by atoms with Crippen molar-refractivity contribution >= 4 is 34.6 Å². The van der Waals surface area contributed by atoms with Gasteiger partial charge in [-0.05, 0) is 184 Å². The summed E-state index contributed by atoms with van der Waals surface area (Å²) in [4.78, 5) is 42.7. The molecule has 2 fully saturated rings. The lowest BCUT2D eigenvalue weighted by molar-refractivity contribution is -0.115. The van der Waals surface area contributed by atoms with Crippen molar-refractivity contribution in [2.24, 2.45) is 23.2 Å². The first-order valence-electron chi connectivity index (χ1n) is 30.1. The largest absolute Gasteiger partial charge is 0.496 e. The van der Waals surface area contributed by atoms with Crippen molar-refractivity contribution in [3.63, 3.8) is 0 Å². The number of anilines is 1. The molecule has 10 nitrogen and oxygen atoms in total. The number of hydrogen-bond acceptors (Lipinski definition) is 10. The van der Waals surface area contributed by atoms with E-state index in [9.17, 15) is 14.4 Å². The normalized spacial score (nSPS) is 20.0. The molecule has 1 saturated heterocycles. The number of ether oxygens (including phenoxy) is 6. The SMILES string of the molecule is CCN(c1cc(OCCOCCOCCOCCCC(=O)c2ccc(CC(C)C3CC(CC(C)(C)C)[C@](C)(c4ccc(Cl)cc4F)[C@H]3c3cccc(C)c3C)c(OC)c2)cc(C(=O)CCC2=C(C)C=C(C)CC2=O)c1C)C1CCOCC1. The summed E-state index contributed by atoms with van der Waals surface area (Å²) in [5.41, 5.74) is 11.0. The average molecular weight is 1150 g/mol. The third-order valence-corrected chi connectivity index (χ3v) is 18.1. The molecule has 0 bridgehead atoms. The number of hydrogen-bond donors (Lipinski definition) is 0. The van der Waals surface area contributed by atoms with E-state index >= 15 is 4.39 Å². The van der Waals surface area contributed by atoms with Gasteiger partial charge in [0.2, 0.25) is 0 Å². The number of halogens is 2. The number of allylic oxidation sites excluding steroid dienone is 4. The summed E-state index contributed by atoms with van der Waals surface area (Å²) in [5, 5.41) is 0.404. The number of aryl methyl sites for hydroxylation is 1. The Kier molecular flexibility index (Phi) is 23.2. The highest BCUT2D eigenvalue weighted by Gasteiger charge is 2.56. The molecule has 4 aromatic carbocycles. The van der Waals surface area contributed by atoms with E-state index in [1.807, 2.05) is 57.2 Å². The van der Waals surface area contributed by atoms with Crippen molar-refractivity contribution in [3.8, 4) is 11.5 Å². The minimum Gasteiger partial charge on any atom is -0.496 e. The fourth-order valence-corrected chi connectivity index (χ4v) is 13.7. The Hall–Kier alpha value is -5.17. The van der Waals surface area contributed by atoms with Crippen LogP contribution >= 0.6 is 11.6 Å². The van der Waals surface area contributed by atoms with Crippen LogP contribution < -0.4 is 14.4 Å². The number of methoxy groups -OCH3 is 1. The smallest absolute Gasteiger partial charge is 0.163 e. The summed E-state index contributed by atoms with van der Waals surface area (Å²) in [5.74, 6) is 1.93. The Balaban J connectivity index is 0.859. The van der Waals surface area contributed by atoms with Crippen LogP contribution in [-0.4, -0.2) is 96.5 Å². The zero-order chi connectivity index (χ0) is 59.3. The van der Waals surface area contributed by atoms with Crippen LogP contribution in [-0.2, 0) is 35.6 Å². The van der Waals surface area contributed by atoms with Crippen LogP contribution in [0.1, 0.15) is 173 Å². The Labute approximate surface area is 494 Å². The number of benzene rings is 4. The van der Waals surface area contributed by atoms with Gasteiger partial charge in [-0.15, -0.1) is 0 Å². The third kappa shape index (κ3) is 16.2. The van der Waals surface area contributed by atoms with Crippen LogP contribution in [0.3, 0.4) is 0 Å². The summed E-state index contributed by atoms with van der Waals surface area (Å²) >= 11 is 6.37. The van der Waals surface area contributed by atoms with Gasteiger partial charge in [0.05, 0.1) is 40.1 Å². The molecular weight excluding hydrogens is 1050 g/mol. The molecule has 12 heteroatoms. The average Bonchev–Trinajstić information content (AvgIpc) is 3.73. The van der Waals surface area contributed by atoms with E-state index in [1.165, 1.54) is 22.8 Å².